The van der Waals surface area contributed by atoms with Gasteiger partial charge in [-0.05, 0) is 18.6 Å². The Kier molecular flexibility index (Phi) is 4.80. The van der Waals surface area contributed by atoms with Crippen molar-refractivity contribution in [2.75, 3.05) is 24.6 Å². The molecule has 0 aliphatic carbocycles. The highest BCUT2D eigenvalue weighted by atomic mass is 32.2. The lowest BCUT2D eigenvalue weighted by molar-refractivity contribution is -0.132. The SMILES string of the molecule is Cc1ccc(C(=O)[C@H](C#N)C(=O)N2CCS(=O)(=O)CC2)cc1F. The molecular weight excluding hydrogens is 323 g/mol. The number of benzene rings is 1. The highest BCUT2D eigenvalue weighted by Crippen LogP contribution is 2.16. The summed E-state index contributed by atoms with van der Waals surface area (Å²) >= 11 is 0. The Balaban J connectivity index is 2.19. The van der Waals surface area contributed by atoms with Gasteiger partial charge in [0.25, 0.3) is 0 Å². The molecular formula is C15H15FN2O4S. The third-order valence-corrected chi connectivity index (χ3v) is 5.36. The second kappa shape index (κ2) is 6.46. The van der Waals surface area contributed by atoms with E-state index in [1.807, 2.05) is 0 Å². The smallest absolute Gasteiger partial charge is 0.248 e. The van der Waals surface area contributed by atoms with Crippen molar-refractivity contribution in [3.8, 4) is 6.07 Å². The van der Waals surface area contributed by atoms with Gasteiger partial charge in [-0.1, -0.05) is 12.1 Å². The van der Waals surface area contributed by atoms with Crippen LogP contribution in [0, 0.1) is 30.0 Å². The standard InChI is InChI=1S/C15H15FN2O4S/c1-10-2-3-11(8-13(10)16)14(19)12(9-17)15(20)18-4-6-23(21,22)7-5-18/h2-3,8,12H,4-7H2,1H3/t12-/m0/s1. The fourth-order valence-corrected chi connectivity index (χ4v) is 3.46. The molecule has 0 aromatic heterocycles. The molecule has 1 aliphatic heterocycles. The molecule has 0 bridgehead atoms. The fraction of sp³-hybridized carbons (Fsp3) is 0.400. The van der Waals surface area contributed by atoms with E-state index in [9.17, 15) is 22.4 Å². The van der Waals surface area contributed by atoms with Gasteiger partial charge >= 0.3 is 0 Å². The van der Waals surface area contributed by atoms with E-state index in [1.165, 1.54) is 24.0 Å². The number of Topliss-reactive ketones (excluding diaryl/α,β-unsaturated/α-hetero) is 1. The van der Waals surface area contributed by atoms with Crippen LogP contribution in [0.1, 0.15) is 15.9 Å². The van der Waals surface area contributed by atoms with Gasteiger partial charge in [0.15, 0.2) is 21.5 Å². The maximum atomic E-state index is 13.6. The van der Waals surface area contributed by atoms with Crippen LogP contribution in [0.5, 0.6) is 0 Å². The summed E-state index contributed by atoms with van der Waals surface area (Å²) in [5.41, 5.74) is 0.292. The molecule has 0 spiro atoms. The average molecular weight is 338 g/mol. The lowest BCUT2D eigenvalue weighted by Crippen LogP contribution is -2.47. The first-order valence-corrected chi connectivity index (χ1v) is 8.76. The van der Waals surface area contributed by atoms with Gasteiger partial charge in [0, 0.05) is 18.7 Å². The molecule has 1 saturated heterocycles. The van der Waals surface area contributed by atoms with Crippen molar-refractivity contribution in [3.63, 3.8) is 0 Å². The average Bonchev–Trinajstić information content (AvgIpc) is 2.50. The zero-order valence-electron chi connectivity index (χ0n) is 12.5. The first kappa shape index (κ1) is 17.1. The summed E-state index contributed by atoms with van der Waals surface area (Å²) in [7, 11) is -3.18. The van der Waals surface area contributed by atoms with Crippen LogP contribution in [0.2, 0.25) is 0 Å². The van der Waals surface area contributed by atoms with E-state index in [0.29, 0.717) is 5.56 Å². The second-order valence-electron chi connectivity index (χ2n) is 5.37. The molecule has 0 N–H and O–H groups in total. The number of hydrogen-bond donors (Lipinski definition) is 0. The molecule has 6 nitrogen and oxygen atoms in total. The van der Waals surface area contributed by atoms with Crippen LogP contribution in [0.4, 0.5) is 4.39 Å². The lowest BCUT2D eigenvalue weighted by atomic mass is 9.96. The molecule has 8 heteroatoms. The number of aryl methyl sites for hydroxylation is 1. The maximum Gasteiger partial charge on any atom is 0.248 e. The van der Waals surface area contributed by atoms with E-state index in [1.54, 1.807) is 6.07 Å². The summed E-state index contributed by atoms with van der Waals surface area (Å²) in [5.74, 6) is -4.10. The first-order valence-electron chi connectivity index (χ1n) is 6.94. The predicted molar refractivity (Wildman–Crippen MR) is 79.8 cm³/mol. The van der Waals surface area contributed by atoms with Gasteiger partial charge in [-0.15, -0.1) is 0 Å². The van der Waals surface area contributed by atoms with Gasteiger partial charge in [-0.3, -0.25) is 9.59 Å². The molecule has 1 atom stereocenters. The number of rotatable bonds is 3. The summed E-state index contributed by atoms with van der Waals surface area (Å²) in [5, 5.41) is 9.16. The van der Waals surface area contributed by atoms with Gasteiger partial charge in [-0.2, -0.15) is 5.26 Å². The van der Waals surface area contributed by atoms with E-state index in [2.05, 4.69) is 0 Å². The van der Waals surface area contributed by atoms with Crippen molar-refractivity contribution < 1.29 is 22.4 Å². The topological polar surface area (TPSA) is 95.3 Å². The van der Waals surface area contributed by atoms with Crippen molar-refractivity contribution in [2.24, 2.45) is 5.92 Å². The number of carbonyl (C=O) groups is 2. The van der Waals surface area contributed by atoms with Gasteiger partial charge in [0.1, 0.15) is 5.82 Å². The fourth-order valence-electron chi connectivity index (χ4n) is 2.25. The second-order valence-corrected chi connectivity index (χ2v) is 7.67. The van der Waals surface area contributed by atoms with Crippen LogP contribution < -0.4 is 0 Å². The molecule has 0 saturated carbocycles. The minimum atomic E-state index is -3.18. The normalized spacial score (nSPS) is 18.0. The Labute approximate surface area is 133 Å². The zero-order chi connectivity index (χ0) is 17.2. The van der Waals surface area contributed by atoms with Gasteiger partial charge in [0.2, 0.25) is 5.91 Å². The molecule has 1 aromatic rings. The number of amides is 1. The molecule has 1 heterocycles. The molecule has 122 valence electrons. The summed E-state index contributed by atoms with van der Waals surface area (Å²) < 4.78 is 36.3. The van der Waals surface area contributed by atoms with Crippen LogP contribution in [0.15, 0.2) is 18.2 Å². The van der Waals surface area contributed by atoms with Crippen molar-refractivity contribution in [1.29, 1.82) is 5.26 Å². The molecule has 1 fully saturated rings. The summed E-state index contributed by atoms with van der Waals surface area (Å²) in [4.78, 5) is 25.8. The number of hydrogen-bond acceptors (Lipinski definition) is 5. The molecule has 23 heavy (non-hydrogen) atoms. The Bertz CT molecular complexity index is 784. The van der Waals surface area contributed by atoms with Crippen LogP contribution in [-0.2, 0) is 14.6 Å². The van der Waals surface area contributed by atoms with E-state index in [0.717, 1.165) is 6.07 Å². The van der Waals surface area contributed by atoms with Crippen molar-refractivity contribution in [3.05, 3.63) is 35.1 Å². The van der Waals surface area contributed by atoms with Gasteiger partial charge < -0.3 is 4.90 Å². The quantitative estimate of drug-likeness (QED) is 0.597. The predicted octanol–water partition coefficient (Wildman–Crippen LogP) is 0.714. The third kappa shape index (κ3) is 3.74. The monoisotopic (exact) mass is 338 g/mol. The molecule has 0 radical (unpaired) electrons. The number of sulfone groups is 1. The van der Waals surface area contributed by atoms with E-state index < -0.39 is 33.3 Å². The number of halogens is 1. The first-order chi connectivity index (χ1) is 10.7. The van der Waals surface area contributed by atoms with Gasteiger partial charge in [-0.25, -0.2) is 12.8 Å². The number of nitrogens with zero attached hydrogens (tertiary/aromatic N) is 2. The Hall–Kier alpha value is -2.27. The summed E-state index contributed by atoms with van der Waals surface area (Å²) in [6, 6.07) is 5.39. The molecule has 0 unspecified atom stereocenters. The van der Waals surface area contributed by atoms with Crippen molar-refractivity contribution in [1.82, 2.24) is 4.90 Å². The Morgan fingerprint density at radius 1 is 1.30 bits per heavy atom. The lowest BCUT2D eigenvalue weighted by Gasteiger charge is -2.28. The summed E-state index contributed by atoms with van der Waals surface area (Å²) in [6.07, 6.45) is 0. The highest BCUT2D eigenvalue weighted by Gasteiger charge is 2.34. The van der Waals surface area contributed by atoms with Crippen molar-refractivity contribution >= 4 is 21.5 Å². The molecule has 1 aromatic carbocycles. The summed E-state index contributed by atoms with van der Waals surface area (Å²) in [6.45, 7) is 1.44. The van der Waals surface area contributed by atoms with Crippen molar-refractivity contribution in [2.45, 2.75) is 6.92 Å². The number of ketones is 1. The molecule has 2 rings (SSSR count). The Morgan fingerprint density at radius 3 is 2.43 bits per heavy atom. The molecule has 1 aliphatic rings. The van der Waals surface area contributed by atoms with Gasteiger partial charge in [0.05, 0.1) is 17.6 Å². The third-order valence-electron chi connectivity index (χ3n) is 3.75. The highest BCUT2D eigenvalue weighted by molar-refractivity contribution is 7.91. The van der Waals surface area contributed by atoms with E-state index in [-0.39, 0.29) is 30.2 Å². The van der Waals surface area contributed by atoms with Crippen LogP contribution in [-0.4, -0.2) is 49.6 Å². The van der Waals surface area contributed by atoms with E-state index in [4.69, 9.17) is 5.26 Å². The zero-order valence-corrected chi connectivity index (χ0v) is 13.3. The van der Waals surface area contributed by atoms with Crippen LogP contribution in [0.25, 0.3) is 0 Å². The Morgan fingerprint density at radius 2 is 1.91 bits per heavy atom. The van der Waals surface area contributed by atoms with Crippen LogP contribution in [0.3, 0.4) is 0 Å². The number of carbonyl (C=O) groups excluding carboxylic acids is 2. The molecule has 1 amide bonds. The van der Waals surface area contributed by atoms with Crippen LogP contribution >= 0.6 is 0 Å². The minimum absolute atomic E-state index is 0.0467. The minimum Gasteiger partial charge on any atom is -0.339 e. The number of nitriles is 1. The van der Waals surface area contributed by atoms with E-state index >= 15 is 0 Å². The largest absolute Gasteiger partial charge is 0.339 e. The maximum absolute atomic E-state index is 13.6.